The van der Waals surface area contributed by atoms with Crippen LogP contribution in [0, 0.1) is 5.95 Å². The van der Waals surface area contributed by atoms with Crippen LogP contribution in [0.2, 0.25) is 0 Å². The first kappa shape index (κ1) is 13.9. The molecule has 2 aromatic rings. The lowest BCUT2D eigenvalue weighted by atomic mass is 9.92. The number of nitrogens with zero attached hydrogens (tertiary/aromatic N) is 4. The lowest BCUT2D eigenvalue weighted by molar-refractivity contribution is -0.130. The number of rotatable bonds is 1. The third-order valence-electron chi connectivity index (χ3n) is 4.71. The molecule has 6 nitrogen and oxygen atoms in total. The van der Waals surface area contributed by atoms with Gasteiger partial charge in [0.2, 0.25) is 11.9 Å². The fraction of sp³-hybridized carbons (Fsp3) is 0.500. The first-order valence-electron chi connectivity index (χ1n) is 7.33. The molecule has 2 aliphatic heterocycles. The highest BCUT2D eigenvalue weighted by Gasteiger charge is 2.38. The molecule has 4 rings (SSSR count). The van der Waals surface area contributed by atoms with Gasteiger partial charge in [-0.15, -0.1) is 0 Å². The summed E-state index contributed by atoms with van der Waals surface area (Å²) < 4.78 is 16.1. The molecule has 0 unspecified atom stereocenters. The maximum absolute atomic E-state index is 14.2. The van der Waals surface area contributed by atoms with Crippen molar-refractivity contribution in [2.75, 3.05) is 12.3 Å². The van der Waals surface area contributed by atoms with E-state index in [-0.39, 0.29) is 17.6 Å². The molecule has 0 aromatic carbocycles. The minimum Gasteiger partial charge on any atom is -0.382 e. The van der Waals surface area contributed by atoms with Gasteiger partial charge in [0.15, 0.2) is 5.82 Å². The average Bonchev–Trinajstić information content (AvgIpc) is 3.05. The maximum Gasteiger partial charge on any atom is 0.222 e. The number of amides is 1. The molecule has 0 radical (unpaired) electrons. The Balaban J connectivity index is 1.79. The van der Waals surface area contributed by atoms with Gasteiger partial charge in [-0.3, -0.25) is 9.20 Å². The number of piperidine rings is 1. The van der Waals surface area contributed by atoms with E-state index in [2.05, 4.69) is 25.9 Å². The Kier molecular flexibility index (Phi) is 3.11. The van der Waals surface area contributed by atoms with Crippen molar-refractivity contribution in [2.45, 2.75) is 37.6 Å². The van der Waals surface area contributed by atoms with Gasteiger partial charge < -0.3 is 10.6 Å². The molecule has 2 saturated heterocycles. The number of anilines is 1. The highest BCUT2D eigenvalue weighted by atomic mass is 79.9. The third kappa shape index (κ3) is 1.93. The number of hydrogen-bond donors (Lipinski definition) is 1. The fourth-order valence-electron chi connectivity index (χ4n) is 3.64. The van der Waals surface area contributed by atoms with Crippen LogP contribution in [-0.2, 0) is 4.79 Å². The van der Waals surface area contributed by atoms with Gasteiger partial charge in [0, 0.05) is 24.9 Å². The monoisotopic (exact) mass is 367 g/mol. The number of hydrogen-bond acceptors (Lipinski definition) is 4. The number of nitrogen functional groups attached to an aromatic ring is 1. The van der Waals surface area contributed by atoms with E-state index in [4.69, 9.17) is 5.73 Å². The molecule has 0 spiro atoms. The molecule has 2 fully saturated rings. The van der Waals surface area contributed by atoms with Crippen LogP contribution in [0.4, 0.5) is 10.2 Å². The molecule has 2 atom stereocenters. The maximum atomic E-state index is 14.2. The molecule has 2 aromatic heterocycles. The molecule has 116 valence electrons. The quantitative estimate of drug-likeness (QED) is 0.836. The predicted octanol–water partition coefficient (Wildman–Crippen LogP) is 2.08. The standard InChI is InChI=1S/C14H15BrFN5O/c15-12-11-13(17)18-5-9(16)21(11)14(19-12)7-1-2-8-3-4-10(22)20(8)6-7/h5,7-8H,1-4,6H2,(H2,17,18)/t7-,8+/m1/s1. The number of carbonyl (C=O) groups is 1. The van der Waals surface area contributed by atoms with Crippen LogP contribution < -0.4 is 5.73 Å². The highest BCUT2D eigenvalue weighted by Crippen LogP contribution is 2.37. The second-order valence-electron chi connectivity index (χ2n) is 5.92. The summed E-state index contributed by atoms with van der Waals surface area (Å²) in [5.41, 5.74) is 6.29. The second-order valence-corrected chi connectivity index (χ2v) is 6.68. The van der Waals surface area contributed by atoms with E-state index in [1.165, 1.54) is 4.40 Å². The summed E-state index contributed by atoms with van der Waals surface area (Å²) in [4.78, 5) is 22.2. The smallest absolute Gasteiger partial charge is 0.222 e. The number of carbonyl (C=O) groups excluding carboxylic acids is 1. The van der Waals surface area contributed by atoms with Gasteiger partial charge in [-0.05, 0) is 35.2 Å². The topological polar surface area (TPSA) is 76.5 Å². The molecular weight excluding hydrogens is 353 g/mol. The van der Waals surface area contributed by atoms with Crippen LogP contribution in [0.15, 0.2) is 10.8 Å². The van der Waals surface area contributed by atoms with Crippen molar-refractivity contribution in [1.82, 2.24) is 19.3 Å². The van der Waals surface area contributed by atoms with E-state index in [9.17, 15) is 9.18 Å². The molecule has 2 aliphatic rings. The second kappa shape index (κ2) is 4.91. The Morgan fingerprint density at radius 2 is 2.18 bits per heavy atom. The normalized spacial score (nSPS) is 25.0. The van der Waals surface area contributed by atoms with Crippen molar-refractivity contribution < 1.29 is 9.18 Å². The molecule has 4 heterocycles. The Hall–Kier alpha value is -1.70. The van der Waals surface area contributed by atoms with Crippen molar-refractivity contribution in [3.63, 3.8) is 0 Å². The molecule has 1 amide bonds. The van der Waals surface area contributed by atoms with Gasteiger partial charge in [0.25, 0.3) is 0 Å². The molecule has 22 heavy (non-hydrogen) atoms. The van der Waals surface area contributed by atoms with E-state index in [0.29, 0.717) is 35.0 Å². The first-order chi connectivity index (χ1) is 10.6. The fourth-order valence-corrected chi connectivity index (χ4v) is 4.20. The molecule has 0 bridgehead atoms. The Labute approximate surface area is 134 Å². The van der Waals surface area contributed by atoms with Crippen LogP contribution >= 0.6 is 15.9 Å². The Morgan fingerprint density at radius 1 is 1.36 bits per heavy atom. The summed E-state index contributed by atoms with van der Waals surface area (Å²) in [5.74, 6) is 0.543. The minimum absolute atomic E-state index is 0.00778. The van der Waals surface area contributed by atoms with Crippen LogP contribution in [0.1, 0.15) is 37.4 Å². The van der Waals surface area contributed by atoms with E-state index in [1.54, 1.807) is 0 Å². The zero-order valence-electron chi connectivity index (χ0n) is 11.8. The summed E-state index contributed by atoms with van der Waals surface area (Å²) in [7, 11) is 0. The van der Waals surface area contributed by atoms with Gasteiger partial charge in [0.1, 0.15) is 15.9 Å². The lowest BCUT2D eigenvalue weighted by Crippen LogP contribution is -2.41. The van der Waals surface area contributed by atoms with Crippen LogP contribution in [-0.4, -0.2) is 37.8 Å². The Bertz CT molecular complexity index is 776. The predicted molar refractivity (Wildman–Crippen MR) is 81.8 cm³/mol. The molecule has 0 saturated carbocycles. The molecule has 2 N–H and O–H groups in total. The number of fused-ring (bicyclic) bond motifs is 2. The SMILES string of the molecule is Nc1ncc(F)n2c([C@@H]3CC[C@H]4CCC(=O)N4C3)nc(Br)c12. The van der Waals surface area contributed by atoms with Gasteiger partial charge >= 0.3 is 0 Å². The van der Waals surface area contributed by atoms with Crippen molar-refractivity contribution >= 4 is 33.2 Å². The Morgan fingerprint density at radius 3 is 3.00 bits per heavy atom. The summed E-state index contributed by atoms with van der Waals surface area (Å²) >= 11 is 3.34. The summed E-state index contributed by atoms with van der Waals surface area (Å²) in [5, 5.41) is 0. The third-order valence-corrected chi connectivity index (χ3v) is 5.26. The average molecular weight is 368 g/mol. The number of imidazole rings is 1. The van der Waals surface area contributed by atoms with Gasteiger partial charge in [-0.25, -0.2) is 9.97 Å². The van der Waals surface area contributed by atoms with E-state index in [1.807, 2.05) is 4.90 Å². The summed E-state index contributed by atoms with van der Waals surface area (Å²) in [6.07, 6.45) is 4.48. The van der Waals surface area contributed by atoms with Gasteiger partial charge in [-0.2, -0.15) is 4.39 Å². The van der Waals surface area contributed by atoms with Crippen molar-refractivity contribution in [2.24, 2.45) is 0 Å². The zero-order chi connectivity index (χ0) is 15.4. The van der Waals surface area contributed by atoms with Crippen molar-refractivity contribution in [3.05, 3.63) is 22.6 Å². The summed E-state index contributed by atoms with van der Waals surface area (Å²) in [6.45, 7) is 0.594. The molecule has 0 aliphatic carbocycles. The summed E-state index contributed by atoms with van der Waals surface area (Å²) in [6, 6.07) is 0.343. The number of nitrogens with two attached hydrogens (primary N) is 1. The molecule has 8 heteroatoms. The van der Waals surface area contributed by atoms with E-state index >= 15 is 0 Å². The van der Waals surface area contributed by atoms with Gasteiger partial charge in [0.05, 0.1) is 6.20 Å². The van der Waals surface area contributed by atoms with Crippen molar-refractivity contribution in [1.29, 1.82) is 0 Å². The largest absolute Gasteiger partial charge is 0.382 e. The van der Waals surface area contributed by atoms with Crippen LogP contribution in [0.5, 0.6) is 0 Å². The minimum atomic E-state index is -0.493. The van der Waals surface area contributed by atoms with Crippen molar-refractivity contribution in [3.8, 4) is 0 Å². The zero-order valence-corrected chi connectivity index (χ0v) is 13.4. The van der Waals surface area contributed by atoms with Crippen LogP contribution in [0.3, 0.4) is 0 Å². The van der Waals surface area contributed by atoms with E-state index in [0.717, 1.165) is 25.5 Å². The van der Waals surface area contributed by atoms with E-state index < -0.39 is 5.95 Å². The number of aromatic nitrogens is 3. The highest BCUT2D eigenvalue weighted by molar-refractivity contribution is 9.10. The first-order valence-corrected chi connectivity index (χ1v) is 8.13. The van der Waals surface area contributed by atoms with Crippen LogP contribution in [0.25, 0.3) is 5.52 Å². The number of halogens is 2. The lowest BCUT2D eigenvalue weighted by Gasteiger charge is -2.34. The van der Waals surface area contributed by atoms with Gasteiger partial charge in [-0.1, -0.05) is 0 Å². The molecular formula is C14H15BrFN5O.